The number of rotatable bonds is 8. The predicted octanol–water partition coefficient (Wildman–Crippen LogP) is 4.32. The second-order valence-corrected chi connectivity index (χ2v) is 7.77. The summed E-state index contributed by atoms with van der Waals surface area (Å²) < 4.78 is 16.6. The Morgan fingerprint density at radius 2 is 1.75 bits per heavy atom. The van der Waals surface area contributed by atoms with Gasteiger partial charge in [-0.3, -0.25) is 9.59 Å². The van der Waals surface area contributed by atoms with Gasteiger partial charge >= 0.3 is 0 Å². The van der Waals surface area contributed by atoms with Crippen molar-refractivity contribution >= 4 is 17.4 Å². The van der Waals surface area contributed by atoms with Crippen LogP contribution in [0.15, 0.2) is 48.0 Å². The summed E-state index contributed by atoms with van der Waals surface area (Å²) in [6.45, 7) is 6.12. The molecule has 7 nitrogen and oxygen atoms in total. The Hall–Kier alpha value is -3.48. The van der Waals surface area contributed by atoms with E-state index in [1.807, 2.05) is 20.8 Å². The molecule has 1 amide bonds. The highest BCUT2D eigenvalue weighted by atomic mass is 16.5. The third-order valence-electron chi connectivity index (χ3n) is 5.23. The van der Waals surface area contributed by atoms with Gasteiger partial charge < -0.3 is 24.2 Å². The summed E-state index contributed by atoms with van der Waals surface area (Å²) >= 11 is 0. The summed E-state index contributed by atoms with van der Waals surface area (Å²) in [6.07, 6.45) is 0.659. The molecule has 1 aliphatic rings. The number of likely N-dealkylation sites (tertiary alicyclic amines) is 1. The van der Waals surface area contributed by atoms with E-state index in [4.69, 9.17) is 14.2 Å². The second-order valence-electron chi connectivity index (χ2n) is 7.77. The number of carbonyl (C=O) groups is 2. The number of para-hydroxylation sites is 1. The van der Waals surface area contributed by atoms with Gasteiger partial charge in [0.2, 0.25) is 0 Å². The summed E-state index contributed by atoms with van der Waals surface area (Å²) in [5.41, 5.74) is 1.01. The Morgan fingerprint density at radius 3 is 2.31 bits per heavy atom. The molecule has 2 aromatic rings. The fourth-order valence-electron chi connectivity index (χ4n) is 3.92. The third kappa shape index (κ3) is 4.28. The first-order valence-electron chi connectivity index (χ1n) is 10.6. The van der Waals surface area contributed by atoms with E-state index in [-0.39, 0.29) is 17.4 Å². The van der Waals surface area contributed by atoms with Crippen LogP contribution in [0.2, 0.25) is 0 Å². The van der Waals surface area contributed by atoms with E-state index in [1.54, 1.807) is 42.5 Å². The zero-order valence-electron chi connectivity index (χ0n) is 19.0. The molecule has 1 unspecified atom stereocenters. The summed E-state index contributed by atoms with van der Waals surface area (Å²) in [6, 6.07) is 11.2. The van der Waals surface area contributed by atoms with Crippen molar-refractivity contribution in [3.05, 3.63) is 59.2 Å². The molecule has 0 spiro atoms. The van der Waals surface area contributed by atoms with Gasteiger partial charge in [-0.1, -0.05) is 19.1 Å². The molecular weight excluding hydrogens is 410 g/mol. The number of carbonyl (C=O) groups excluding carboxylic acids is 2. The fraction of sp³-hybridized carbons (Fsp3) is 0.360. The predicted molar refractivity (Wildman–Crippen MR) is 121 cm³/mol. The monoisotopic (exact) mass is 439 g/mol. The molecule has 1 aliphatic heterocycles. The number of benzene rings is 2. The van der Waals surface area contributed by atoms with Crippen molar-refractivity contribution in [3.8, 4) is 17.2 Å². The average Bonchev–Trinajstić information content (AvgIpc) is 3.03. The smallest absolute Gasteiger partial charge is 0.295 e. The zero-order valence-corrected chi connectivity index (χ0v) is 19.0. The molecule has 1 N–H and O–H groups in total. The van der Waals surface area contributed by atoms with Gasteiger partial charge in [-0.25, -0.2) is 0 Å². The molecule has 2 aromatic carbocycles. The highest BCUT2D eigenvalue weighted by Crippen LogP contribution is 2.45. The van der Waals surface area contributed by atoms with E-state index in [2.05, 4.69) is 0 Å². The second kappa shape index (κ2) is 9.77. The molecule has 32 heavy (non-hydrogen) atoms. The summed E-state index contributed by atoms with van der Waals surface area (Å²) in [5, 5.41) is 11.2. The molecule has 1 saturated heterocycles. The van der Waals surface area contributed by atoms with Crippen molar-refractivity contribution in [3.63, 3.8) is 0 Å². The maximum Gasteiger partial charge on any atom is 0.295 e. The average molecular weight is 440 g/mol. The van der Waals surface area contributed by atoms with Gasteiger partial charge in [0.25, 0.3) is 11.7 Å². The van der Waals surface area contributed by atoms with Crippen LogP contribution in [0, 0.1) is 0 Å². The number of amides is 1. The molecule has 170 valence electrons. The molecule has 1 atom stereocenters. The van der Waals surface area contributed by atoms with E-state index in [0.29, 0.717) is 41.3 Å². The zero-order chi connectivity index (χ0) is 23.4. The standard InChI is InChI=1S/C25H29NO6/c1-6-14-26-21(18-8-7-9-19(30-4)24(18)31-5)20(23(28)25(26)29)22(27)16-10-12-17(13-11-16)32-15(2)3/h7-13,15,21,27H,6,14H2,1-5H3/b22-20+. The Bertz CT molecular complexity index is 1030. The van der Waals surface area contributed by atoms with E-state index >= 15 is 0 Å². The van der Waals surface area contributed by atoms with Crippen LogP contribution in [0.3, 0.4) is 0 Å². The first-order valence-corrected chi connectivity index (χ1v) is 10.6. The molecular formula is C25H29NO6. The first kappa shape index (κ1) is 23.2. The number of hydrogen-bond donors (Lipinski definition) is 1. The van der Waals surface area contributed by atoms with E-state index < -0.39 is 17.7 Å². The largest absolute Gasteiger partial charge is 0.507 e. The van der Waals surface area contributed by atoms with Gasteiger partial charge in [0.15, 0.2) is 11.5 Å². The Morgan fingerprint density at radius 1 is 1.06 bits per heavy atom. The van der Waals surface area contributed by atoms with Crippen LogP contribution in [0.4, 0.5) is 0 Å². The number of nitrogens with zero attached hydrogens (tertiary/aromatic N) is 1. The van der Waals surface area contributed by atoms with Crippen LogP contribution in [-0.2, 0) is 9.59 Å². The lowest BCUT2D eigenvalue weighted by Gasteiger charge is -2.26. The molecule has 3 rings (SSSR count). The van der Waals surface area contributed by atoms with Crippen LogP contribution in [0.25, 0.3) is 5.76 Å². The van der Waals surface area contributed by atoms with Crippen molar-refractivity contribution < 1.29 is 28.9 Å². The van der Waals surface area contributed by atoms with Crippen LogP contribution in [0.5, 0.6) is 17.2 Å². The molecule has 0 aromatic heterocycles. The highest BCUT2D eigenvalue weighted by Gasteiger charge is 2.47. The van der Waals surface area contributed by atoms with Crippen LogP contribution in [0.1, 0.15) is 44.4 Å². The topological polar surface area (TPSA) is 85.3 Å². The van der Waals surface area contributed by atoms with Crippen molar-refractivity contribution in [2.75, 3.05) is 20.8 Å². The van der Waals surface area contributed by atoms with Gasteiger partial charge in [0, 0.05) is 17.7 Å². The molecule has 1 fully saturated rings. The highest BCUT2D eigenvalue weighted by molar-refractivity contribution is 6.46. The lowest BCUT2D eigenvalue weighted by atomic mass is 9.94. The SMILES string of the molecule is CCCN1C(=O)C(=O)/C(=C(/O)c2ccc(OC(C)C)cc2)C1c1cccc(OC)c1OC. The van der Waals surface area contributed by atoms with Crippen molar-refractivity contribution in [2.45, 2.75) is 39.3 Å². The molecule has 7 heteroatoms. The lowest BCUT2D eigenvalue weighted by Crippen LogP contribution is -2.30. The number of ketones is 1. The van der Waals surface area contributed by atoms with Gasteiger partial charge in [0.1, 0.15) is 11.5 Å². The Kier molecular flexibility index (Phi) is 7.08. The van der Waals surface area contributed by atoms with Crippen molar-refractivity contribution in [1.82, 2.24) is 4.90 Å². The van der Waals surface area contributed by atoms with Gasteiger partial charge in [0.05, 0.1) is 31.9 Å². The summed E-state index contributed by atoms with van der Waals surface area (Å²) in [7, 11) is 3.02. The van der Waals surface area contributed by atoms with Crippen LogP contribution < -0.4 is 14.2 Å². The minimum absolute atomic E-state index is 0.00865. The van der Waals surface area contributed by atoms with Gasteiger partial charge in [-0.05, 0) is 50.6 Å². The van der Waals surface area contributed by atoms with E-state index in [0.717, 1.165) is 0 Å². The Balaban J connectivity index is 2.18. The van der Waals surface area contributed by atoms with Crippen LogP contribution >= 0.6 is 0 Å². The quantitative estimate of drug-likeness (QED) is 0.375. The van der Waals surface area contributed by atoms with E-state index in [9.17, 15) is 14.7 Å². The van der Waals surface area contributed by atoms with Gasteiger partial charge in [-0.15, -0.1) is 0 Å². The molecule has 1 heterocycles. The van der Waals surface area contributed by atoms with Gasteiger partial charge in [-0.2, -0.15) is 0 Å². The normalized spacial score (nSPS) is 17.7. The maximum atomic E-state index is 13.0. The number of methoxy groups -OCH3 is 2. The first-order chi connectivity index (χ1) is 15.3. The molecule has 0 bridgehead atoms. The Labute approximate surface area is 188 Å². The number of Topliss-reactive ketones (excluding diaryl/α,β-unsaturated/α-hetero) is 1. The van der Waals surface area contributed by atoms with Crippen LogP contribution in [-0.4, -0.2) is 48.6 Å². The minimum atomic E-state index is -0.799. The third-order valence-corrected chi connectivity index (χ3v) is 5.23. The molecule has 0 saturated carbocycles. The van der Waals surface area contributed by atoms with E-state index in [1.165, 1.54) is 19.1 Å². The van der Waals surface area contributed by atoms with Crippen molar-refractivity contribution in [1.29, 1.82) is 0 Å². The summed E-state index contributed by atoms with van der Waals surface area (Å²) in [4.78, 5) is 27.4. The number of aliphatic hydroxyl groups is 1. The molecule has 0 aliphatic carbocycles. The number of ether oxygens (including phenoxy) is 3. The lowest BCUT2D eigenvalue weighted by molar-refractivity contribution is -0.139. The fourth-order valence-corrected chi connectivity index (χ4v) is 3.92. The number of aliphatic hydroxyl groups excluding tert-OH is 1. The molecule has 0 radical (unpaired) electrons. The minimum Gasteiger partial charge on any atom is -0.507 e. The summed E-state index contributed by atoms with van der Waals surface area (Å²) in [5.74, 6) is -0.0878. The maximum absolute atomic E-state index is 13.0. The van der Waals surface area contributed by atoms with Crippen molar-refractivity contribution in [2.24, 2.45) is 0 Å². The number of hydrogen-bond acceptors (Lipinski definition) is 6.